The zero-order valence-corrected chi connectivity index (χ0v) is 22.6. The predicted molar refractivity (Wildman–Crippen MR) is 132 cm³/mol. The van der Waals surface area contributed by atoms with Crippen LogP contribution in [0, 0.1) is 0 Å². The molecule has 1 unspecified atom stereocenters. The van der Waals surface area contributed by atoms with Gasteiger partial charge in [-0.1, -0.05) is 51.1 Å². The molecule has 0 amide bonds. The molecule has 0 aliphatic carbocycles. The van der Waals surface area contributed by atoms with Crippen molar-refractivity contribution in [3.05, 3.63) is 52.3 Å². The summed E-state index contributed by atoms with van der Waals surface area (Å²) in [7, 11) is -0.536. The number of aliphatic hydroxyl groups is 1. The van der Waals surface area contributed by atoms with Crippen molar-refractivity contribution in [3.63, 3.8) is 0 Å². The molecule has 2 rings (SSSR count). The first-order valence-corrected chi connectivity index (χ1v) is 14.3. The van der Waals surface area contributed by atoms with Gasteiger partial charge in [-0.05, 0) is 46.5 Å². The highest BCUT2D eigenvalue weighted by molar-refractivity contribution is 9.10. The van der Waals surface area contributed by atoms with Gasteiger partial charge in [0.15, 0.2) is 25.5 Å². The van der Waals surface area contributed by atoms with Crippen molar-refractivity contribution in [3.8, 4) is 11.5 Å². The van der Waals surface area contributed by atoms with Crippen LogP contribution in [-0.4, -0.2) is 43.5 Å². The monoisotopic (exact) mass is 523 g/mol. The lowest BCUT2D eigenvalue weighted by Crippen LogP contribution is -2.43. The summed E-state index contributed by atoms with van der Waals surface area (Å²) in [5, 5.41) is 11.0. The third kappa shape index (κ3) is 6.40. The lowest BCUT2D eigenvalue weighted by Gasteiger charge is -2.37. The normalized spacial score (nSPS) is 14.0. The van der Waals surface area contributed by atoms with Gasteiger partial charge in [-0.15, -0.1) is 0 Å². The van der Waals surface area contributed by atoms with E-state index in [4.69, 9.17) is 13.9 Å². The lowest BCUT2D eigenvalue weighted by atomic mass is 9.94. The maximum absolute atomic E-state index is 13.2. The minimum Gasteiger partial charge on any atom is -0.491 e. The topological polar surface area (TPSA) is 77.9 Å². The zero-order valence-electron chi connectivity index (χ0n) is 20.0. The van der Waals surface area contributed by atoms with Gasteiger partial charge in [0, 0.05) is 19.2 Å². The Morgan fingerprint density at radius 1 is 1.12 bits per heavy atom. The number of ether oxygens (including phenoxy) is 2. The molecular weight excluding hydrogens is 490 g/mol. The van der Waals surface area contributed by atoms with Crippen molar-refractivity contribution in [1.82, 2.24) is 4.98 Å². The third-order valence-electron chi connectivity index (χ3n) is 5.94. The van der Waals surface area contributed by atoms with Gasteiger partial charge >= 0.3 is 0 Å². The summed E-state index contributed by atoms with van der Waals surface area (Å²) in [5.41, 5.74) is -0.662. The van der Waals surface area contributed by atoms with Crippen LogP contribution in [0.2, 0.25) is 18.1 Å². The second-order valence-electron chi connectivity index (χ2n) is 9.55. The Bertz CT molecular complexity index is 926. The molecule has 0 spiro atoms. The molecule has 1 aromatic carbocycles. The number of Topliss-reactive ketones (excluding diaryl/α,β-unsaturated/α-hetero) is 1. The number of benzene rings is 1. The van der Waals surface area contributed by atoms with Crippen LogP contribution in [0.15, 0.2) is 41.0 Å². The zero-order chi connectivity index (χ0) is 24.2. The van der Waals surface area contributed by atoms with Crippen LogP contribution < -0.4 is 9.47 Å². The fourth-order valence-corrected chi connectivity index (χ4v) is 4.20. The summed E-state index contributed by atoms with van der Waals surface area (Å²) in [4.78, 5) is 17.5. The molecule has 32 heavy (non-hydrogen) atoms. The second-order valence-corrected chi connectivity index (χ2v) is 15.2. The SMILES string of the molecule is COc1c(C(=O)C(C)(O)CCO[Si](C)(C)C(C)(C)C)ncc(Br)c1OCc1ccccc1. The molecule has 1 heterocycles. The van der Waals surface area contributed by atoms with E-state index < -0.39 is 19.7 Å². The molecule has 0 radical (unpaired) electrons. The number of carbonyl (C=O) groups excluding carboxylic acids is 1. The Morgan fingerprint density at radius 2 is 1.75 bits per heavy atom. The first-order chi connectivity index (χ1) is 14.8. The van der Waals surface area contributed by atoms with Gasteiger partial charge in [-0.25, -0.2) is 4.98 Å². The fraction of sp³-hybridized carbons (Fsp3) is 0.500. The molecule has 0 fully saturated rings. The largest absolute Gasteiger partial charge is 0.491 e. The summed E-state index contributed by atoms with van der Waals surface area (Å²) in [6, 6.07) is 9.67. The molecule has 0 aliphatic heterocycles. The van der Waals surface area contributed by atoms with Gasteiger partial charge in [0.25, 0.3) is 0 Å². The van der Waals surface area contributed by atoms with Crippen LogP contribution in [0.5, 0.6) is 11.5 Å². The standard InChI is InChI=1S/C24H34BrNO5Si/c1-23(2,3)32(6,7)31-14-13-24(4,28)22(27)19-21(29-5)20(18(25)15-26-19)30-16-17-11-9-8-10-12-17/h8-12,15,28H,13-14,16H2,1-7H3. The number of hydrogen-bond acceptors (Lipinski definition) is 6. The highest BCUT2D eigenvalue weighted by Gasteiger charge is 2.39. The molecule has 0 aliphatic rings. The number of rotatable bonds is 10. The lowest BCUT2D eigenvalue weighted by molar-refractivity contribution is 0.0284. The summed E-state index contributed by atoms with van der Waals surface area (Å²) in [6.45, 7) is 12.8. The molecule has 8 heteroatoms. The number of methoxy groups -OCH3 is 1. The number of carbonyl (C=O) groups is 1. The van der Waals surface area contributed by atoms with Gasteiger partial charge < -0.3 is 19.0 Å². The van der Waals surface area contributed by atoms with E-state index in [0.717, 1.165) is 5.56 Å². The summed E-state index contributed by atoms with van der Waals surface area (Å²) >= 11 is 3.42. The van der Waals surface area contributed by atoms with E-state index >= 15 is 0 Å². The highest BCUT2D eigenvalue weighted by atomic mass is 79.9. The quantitative estimate of drug-likeness (QED) is 0.314. The van der Waals surface area contributed by atoms with Crippen molar-refractivity contribution in [2.45, 2.75) is 64.5 Å². The van der Waals surface area contributed by atoms with Crippen LogP contribution in [-0.2, 0) is 11.0 Å². The molecule has 0 saturated carbocycles. The van der Waals surface area contributed by atoms with Gasteiger partial charge in [0.2, 0.25) is 5.78 Å². The van der Waals surface area contributed by atoms with Crippen LogP contribution in [0.25, 0.3) is 0 Å². The smallest absolute Gasteiger partial charge is 0.216 e. The van der Waals surface area contributed by atoms with Crippen molar-refractivity contribution >= 4 is 30.0 Å². The maximum Gasteiger partial charge on any atom is 0.216 e. The Morgan fingerprint density at radius 3 is 2.31 bits per heavy atom. The van der Waals surface area contributed by atoms with Crippen molar-refractivity contribution in [2.24, 2.45) is 0 Å². The van der Waals surface area contributed by atoms with Crippen LogP contribution in [0.1, 0.15) is 50.2 Å². The van der Waals surface area contributed by atoms with E-state index in [0.29, 0.717) is 16.8 Å². The van der Waals surface area contributed by atoms with Gasteiger partial charge in [0.05, 0.1) is 11.6 Å². The number of ketones is 1. The maximum atomic E-state index is 13.2. The number of aromatic nitrogens is 1. The number of halogens is 1. The van der Waals surface area contributed by atoms with Gasteiger partial charge in [-0.3, -0.25) is 4.79 Å². The van der Waals surface area contributed by atoms with Crippen molar-refractivity contribution < 1.29 is 23.8 Å². The molecule has 176 valence electrons. The average Bonchev–Trinajstić information content (AvgIpc) is 2.71. The average molecular weight is 525 g/mol. The van der Waals surface area contributed by atoms with E-state index in [1.807, 2.05) is 30.3 Å². The third-order valence-corrected chi connectivity index (χ3v) is 11.0. The first kappa shape index (κ1) is 26.5. The summed E-state index contributed by atoms with van der Waals surface area (Å²) in [5.74, 6) is 0.0131. The van der Waals surface area contributed by atoms with Crippen LogP contribution >= 0.6 is 15.9 Å². The van der Waals surface area contributed by atoms with Crippen molar-refractivity contribution in [1.29, 1.82) is 0 Å². The number of hydrogen-bond donors (Lipinski definition) is 1. The Kier molecular flexibility index (Phi) is 8.67. The summed E-state index contributed by atoms with van der Waals surface area (Å²) < 4.78 is 18.1. The molecule has 6 nitrogen and oxygen atoms in total. The molecule has 1 N–H and O–H groups in total. The van der Waals surface area contributed by atoms with Crippen LogP contribution in [0.4, 0.5) is 0 Å². The molecular formula is C24H34BrNO5Si. The molecule has 1 atom stereocenters. The Balaban J connectivity index is 2.21. The minimum absolute atomic E-state index is 0.0242. The first-order valence-electron chi connectivity index (χ1n) is 10.6. The minimum atomic E-state index is -1.98. The molecule has 0 bridgehead atoms. The van der Waals surface area contributed by atoms with E-state index in [1.165, 1.54) is 20.2 Å². The van der Waals surface area contributed by atoms with E-state index in [2.05, 4.69) is 54.8 Å². The van der Waals surface area contributed by atoms with E-state index in [-0.39, 0.29) is 29.5 Å². The van der Waals surface area contributed by atoms with Crippen LogP contribution in [0.3, 0.4) is 0 Å². The van der Waals surface area contributed by atoms with Crippen molar-refractivity contribution in [2.75, 3.05) is 13.7 Å². The Labute approximate surface area is 200 Å². The second kappa shape index (κ2) is 10.5. The predicted octanol–water partition coefficient (Wildman–Crippen LogP) is 5.78. The van der Waals surface area contributed by atoms with Gasteiger partial charge in [-0.2, -0.15) is 0 Å². The van der Waals surface area contributed by atoms with E-state index in [1.54, 1.807) is 0 Å². The number of pyridine rings is 1. The Hall–Kier alpha value is -1.74. The summed E-state index contributed by atoms with van der Waals surface area (Å²) in [6.07, 6.45) is 1.64. The molecule has 1 aromatic heterocycles. The molecule has 0 saturated heterocycles. The van der Waals surface area contributed by atoms with Gasteiger partial charge in [0.1, 0.15) is 12.2 Å². The highest BCUT2D eigenvalue weighted by Crippen LogP contribution is 2.40. The fourth-order valence-electron chi connectivity index (χ4n) is 2.76. The van der Waals surface area contributed by atoms with E-state index in [9.17, 15) is 9.90 Å². The molecule has 2 aromatic rings. The number of nitrogens with zero attached hydrogens (tertiary/aromatic N) is 1.